The monoisotopic (exact) mass is 265 g/mol. The molecular weight excluding hydrogens is 242 g/mol. The van der Waals surface area contributed by atoms with Crippen molar-refractivity contribution in [2.75, 3.05) is 19.6 Å². The SMILES string of the molecule is CC1CCNC(C(=O)N2CCCC3C(=O)NCC32)C1. The fourth-order valence-corrected chi connectivity index (χ4v) is 3.72. The maximum absolute atomic E-state index is 12.7. The molecule has 0 bridgehead atoms. The van der Waals surface area contributed by atoms with E-state index >= 15 is 0 Å². The molecule has 2 N–H and O–H groups in total. The van der Waals surface area contributed by atoms with E-state index in [0.29, 0.717) is 12.5 Å². The van der Waals surface area contributed by atoms with Gasteiger partial charge in [0, 0.05) is 13.1 Å². The van der Waals surface area contributed by atoms with Crippen molar-refractivity contribution in [1.82, 2.24) is 15.5 Å². The van der Waals surface area contributed by atoms with Gasteiger partial charge in [0.1, 0.15) is 0 Å². The molecule has 3 aliphatic rings. The van der Waals surface area contributed by atoms with Crippen molar-refractivity contribution < 1.29 is 9.59 Å². The standard InChI is InChI=1S/C14H23N3O2/c1-9-4-5-15-11(7-9)14(19)17-6-2-3-10-12(17)8-16-13(10)18/h9-12,15H,2-8H2,1H3,(H,16,18). The van der Waals surface area contributed by atoms with Crippen LogP contribution in [0.1, 0.15) is 32.6 Å². The van der Waals surface area contributed by atoms with Crippen LogP contribution in [0.5, 0.6) is 0 Å². The minimum Gasteiger partial charge on any atom is -0.354 e. The summed E-state index contributed by atoms with van der Waals surface area (Å²) < 4.78 is 0. The molecule has 0 aromatic carbocycles. The van der Waals surface area contributed by atoms with Crippen LogP contribution < -0.4 is 10.6 Å². The van der Waals surface area contributed by atoms with E-state index in [-0.39, 0.29) is 29.8 Å². The van der Waals surface area contributed by atoms with Gasteiger partial charge in [0.15, 0.2) is 0 Å². The number of nitrogens with zero attached hydrogens (tertiary/aromatic N) is 1. The third kappa shape index (κ3) is 2.36. The number of likely N-dealkylation sites (tertiary alicyclic amines) is 1. The van der Waals surface area contributed by atoms with Gasteiger partial charge >= 0.3 is 0 Å². The van der Waals surface area contributed by atoms with Crippen LogP contribution in [-0.2, 0) is 9.59 Å². The summed E-state index contributed by atoms with van der Waals surface area (Å²) in [6, 6.07) is 0.0472. The highest BCUT2D eigenvalue weighted by atomic mass is 16.2. The zero-order valence-corrected chi connectivity index (χ0v) is 11.5. The number of carbonyl (C=O) groups excluding carboxylic acids is 2. The molecule has 5 nitrogen and oxygen atoms in total. The summed E-state index contributed by atoms with van der Waals surface area (Å²) in [6.07, 6.45) is 3.95. The van der Waals surface area contributed by atoms with Crippen LogP contribution in [0.3, 0.4) is 0 Å². The van der Waals surface area contributed by atoms with Crippen molar-refractivity contribution in [1.29, 1.82) is 0 Å². The lowest BCUT2D eigenvalue weighted by Gasteiger charge is -2.39. The second kappa shape index (κ2) is 5.12. The second-order valence-corrected chi connectivity index (χ2v) is 6.23. The van der Waals surface area contributed by atoms with Gasteiger partial charge in [-0.15, -0.1) is 0 Å². The highest BCUT2D eigenvalue weighted by molar-refractivity contribution is 5.86. The molecule has 3 aliphatic heterocycles. The first kappa shape index (κ1) is 12.9. The smallest absolute Gasteiger partial charge is 0.240 e. The normalized spacial score (nSPS) is 38.8. The van der Waals surface area contributed by atoms with Crippen molar-refractivity contribution in [3.63, 3.8) is 0 Å². The predicted octanol–water partition coefficient (Wildman–Crippen LogP) is 0.112. The molecule has 5 heteroatoms. The molecule has 2 amide bonds. The molecular formula is C14H23N3O2. The number of hydrogen-bond donors (Lipinski definition) is 2. The molecule has 0 spiro atoms. The summed E-state index contributed by atoms with van der Waals surface area (Å²) in [5.41, 5.74) is 0. The van der Waals surface area contributed by atoms with Gasteiger partial charge in [0.2, 0.25) is 11.8 Å². The molecule has 4 unspecified atom stereocenters. The summed E-state index contributed by atoms with van der Waals surface area (Å²) >= 11 is 0. The molecule has 0 aromatic heterocycles. The lowest BCUT2D eigenvalue weighted by molar-refractivity contribution is -0.139. The number of piperidine rings is 2. The average Bonchev–Trinajstić information content (AvgIpc) is 2.80. The fraction of sp³-hybridized carbons (Fsp3) is 0.857. The minimum absolute atomic E-state index is 0.0266. The van der Waals surface area contributed by atoms with Crippen LogP contribution in [0.25, 0.3) is 0 Å². The Morgan fingerprint density at radius 3 is 3.00 bits per heavy atom. The Hall–Kier alpha value is -1.10. The van der Waals surface area contributed by atoms with Gasteiger partial charge in [-0.2, -0.15) is 0 Å². The first-order valence-electron chi connectivity index (χ1n) is 7.48. The predicted molar refractivity (Wildman–Crippen MR) is 71.4 cm³/mol. The van der Waals surface area contributed by atoms with E-state index in [1.165, 1.54) is 0 Å². The molecule has 0 radical (unpaired) electrons. The number of hydrogen-bond acceptors (Lipinski definition) is 3. The zero-order chi connectivity index (χ0) is 13.4. The zero-order valence-electron chi connectivity index (χ0n) is 11.5. The molecule has 3 rings (SSSR count). The van der Waals surface area contributed by atoms with Gasteiger partial charge in [0.05, 0.1) is 18.0 Å². The van der Waals surface area contributed by atoms with Gasteiger partial charge in [-0.25, -0.2) is 0 Å². The van der Waals surface area contributed by atoms with Crippen LogP contribution in [-0.4, -0.2) is 48.4 Å². The summed E-state index contributed by atoms with van der Waals surface area (Å²) in [5.74, 6) is 0.975. The van der Waals surface area contributed by atoms with Gasteiger partial charge in [0.25, 0.3) is 0 Å². The Morgan fingerprint density at radius 2 is 2.21 bits per heavy atom. The molecule has 3 saturated heterocycles. The van der Waals surface area contributed by atoms with Crippen molar-refractivity contribution in [3.8, 4) is 0 Å². The van der Waals surface area contributed by atoms with Crippen molar-refractivity contribution in [2.24, 2.45) is 11.8 Å². The average molecular weight is 265 g/mol. The molecule has 0 saturated carbocycles. The van der Waals surface area contributed by atoms with E-state index in [9.17, 15) is 9.59 Å². The molecule has 3 fully saturated rings. The second-order valence-electron chi connectivity index (χ2n) is 6.23. The molecule has 0 aromatic rings. The highest BCUT2D eigenvalue weighted by Gasteiger charge is 2.44. The molecule has 3 heterocycles. The van der Waals surface area contributed by atoms with Crippen LogP contribution in [0.15, 0.2) is 0 Å². The number of carbonyl (C=O) groups is 2. The molecule has 106 valence electrons. The summed E-state index contributed by atoms with van der Waals surface area (Å²) in [6.45, 7) is 4.58. The van der Waals surface area contributed by atoms with E-state index in [1.54, 1.807) is 0 Å². The Labute approximate surface area is 114 Å². The van der Waals surface area contributed by atoms with E-state index < -0.39 is 0 Å². The number of fused-ring (bicyclic) bond motifs is 1. The van der Waals surface area contributed by atoms with Gasteiger partial charge in [-0.1, -0.05) is 6.92 Å². The van der Waals surface area contributed by atoms with Crippen molar-refractivity contribution in [3.05, 3.63) is 0 Å². The van der Waals surface area contributed by atoms with E-state index in [0.717, 1.165) is 38.8 Å². The van der Waals surface area contributed by atoms with Gasteiger partial charge in [-0.3, -0.25) is 9.59 Å². The lowest BCUT2D eigenvalue weighted by atomic mass is 9.89. The number of rotatable bonds is 1. The number of amides is 2. The van der Waals surface area contributed by atoms with Gasteiger partial charge in [-0.05, 0) is 38.1 Å². The summed E-state index contributed by atoms with van der Waals surface area (Å²) in [4.78, 5) is 26.4. The fourth-order valence-electron chi connectivity index (χ4n) is 3.72. The lowest BCUT2D eigenvalue weighted by Crippen LogP contribution is -2.56. The van der Waals surface area contributed by atoms with Crippen molar-refractivity contribution in [2.45, 2.75) is 44.7 Å². The van der Waals surface area contributed by atoms with Crippen LogP contribution in [0, 0.1) is 11.8 Å². The first-order valence-corrected chi connectivity index (χ1v) is 7.48. The maximum Gasteiger partial charge on any atom is 0.240 e. The number of nitrogens with one attached hydrogen (secondary N) is 2. The molecule has 4 atom stereocenters. The van der Waals surface area contributed by atoms with Crippen LogP contribution >= 0.6 is 0 Å². The van der Waals surface area contributed by atoms with E-state index in [2.05, 4.69) is 17.6 Å². The Bertz CT molecular complexity index is 385. The highest BCUT2D eigenvalue weighted by Crippen LogP contribution is 2.29. The molecule has 0 aliphatic carbocycles. The van der Waals surface area contributed by atoms with Crippen LogP contribution in [0.2, 0.25) is 0 Å². The summed E-state index contributed by atoms with van der Waals surface area (Å²) in [7, 11) is 0. The first-order chi connectivity index (χ1) is 9.16. The third-order valence-corrected chi connectivity index (χ3v) is 4.85. The Morgan fingerprint density at radius 1 is 1.37 bits per heavy atom. The van der Waals surface area contributed by atoms with Gasteiger partial charge < -0.3 is 15.5 Å². The third-order valence-electron chi connectivity index (χ3n) is 4.85. The Balaban J connectivity index is 1.70. The topological polar surface area (TPSA) is 61.4 Å². The van der Waals surface area contributed by atoms with Crippen molar-refractivity contribution >= 4 is 11.8 Å². The maximum atomic E-state index is 12.7. The quantitative estimate of drug-likeness (QED) is 0.707. The molecule has 19 heavy (non-hydrogen) atoms. The van der Waals surface area contributed by atoms with E-state index in [1.807, 2.05) is 4.90 Å². The minimum atomic E-state index is -0.0433. The summed E-state index contributed by atoms with van der Waals surface area (Å²) in [5, 5.41) is 6.25. The van der Waals surface area contributed by atoms with E-state index in [4.69, 9.17) is 0 Å². The Kier molecular flexibility index (Phi) is 3.48. The van der Waals surface area contributed by atoms with Crippen LogP contribution in [0.4, 0.5) is 0 Å². The largest absolute Gasteiger partial charge is 0.354 e.